The lowest BCUT2D eigenvalue weighted by atomic mass is 10.2. The molecule has 2 saturated carbocycles. The average molecular weight is 493 g/mol. The molecule has 0 saturated heterocycles. The number of nitrogens with one attached hydrogen (secondary N) is 1. The Bertz CT molecular complexity index is 1060. The van der Waals surface area contributed by atoms with E-state index < -0.39 is 11.6 Å². The van der Waals surface area contributed by atoms with Gasteiger partial charge in [0.25, 0.3) is 0 Å². The Kier molecular flexibility index (Phi) is 8.63. The van der Waals surface area contributed by atoms with Crippen LogP contribution >= 0.6 is 11.8 Å². The van der Waals surface area contributed by atoms with Crippen LogP contribution in [0.3, 0.4) is 0 Å². The second-order valence-electron chi connectivity index (χ2n) is 8.43. The zero-order valence-electron chi connectivity index (χ0n) is 19.2. The van der Waals surface area contributed by atoms with Crippen molar-refractivity contribution in [1.29, 1.82) is 0 Å². The van der Waals surface area contributed by atoms with E-state index in [4.69, 9.17) is 14.8 Å². The van der Waals surface area contributed by atoms with Gasteiger partial charge in [0.1, 0.15) is 0 Å². The van der Waals surface area contributed by atoms with Crippen molar-refractivity contribution in [3.8, 4) is 0 Å². The van der Waals surface area contributed by atoms with Gasteiger partial charge in [-0.25, -0.2) is 23.4 Å². The minimum absolute atomic E-state index is 0.0643. The summed E-state index contributed by atoms with van der Waals surface area (Å²) in [6, 6.07) is 5.78. The first-order valence-electron chi connectivity index (χ1n) is 11.7. The summed E-state index contributed by atoms with van der Waals surface area (Å²) in [4.78, 5) is 9.45. The molecule has 0 spiro atoms. The van der Waals surface area contributed by atoms with Crippen LogP contribution < -0.4 is 5.32 Å². The fourth-order valence-electron chi connectivity index (χ4n) is 3.79. The minimum Gasteiger partial charge on any atom is -0.394 e. The Hall–Kier alpha value is -2.37. The van der Waals surface area contributed by atoms with E-state index in [2.05, 4.69) is 27.5 Å². The summed E-state index contributed by atoms with van der Waals surface area (Å²) >= 11 is 1.68. The van der Waals surface area contributed by atoms with Gasteiger partial charge < -0.3 is 15.2 Å². The van der Waals surface area contributed by atoms with E-state index >= 15 is 0 Å². The van der Waals surface area contributed by atoms with Crippen molar-refractivity contribution in [2.45, 2.75) is 68.8 Å². The normalized spacial score (nSPS) is 19.8. The van der Waals surface area contributed by atoms with Gasteiger partial charge in [0, 0.05) is 11.8 Å². The predicted molar refractivity (Wildman–Crippen MR) is 127 cm³/mol. The molecule has 5 rings (SSSR count). The molecule has 2 heterocycles. The lowest BCUT2D eigenvalue weighted by molar-refractivity contribution is 0.0309. The molecule has 0 amide bonds. The Morgan fingerprint density at radius 2 is 1.91 bits per heavy atom. The topological polar surface area (TPSA) is 98.0 Å². The largest absolute Gasteiger partial charge is 0.394 e. The van der Waals surface area contributed by atoms with Gasteiger partial charge in [-0.2, -0.15) is 0 Å². The lowest BCUT2D eigenvalue weighted by Crippen LogP contribution is -2.14. The fraction of sp³-hybridized carbons (Fsp3) is 0.565. The Labute approximate surface area is 201 Å². The number of hydrogen-bond acceptors (Lipinski definition) is 8. The monoisotopic (exact) mass is 492 g/mol. The number of anilines is 1. The first kappa shape index (κ1) is 24.7. The number of nitrogens with zero attached hydrogens (tertiary/aromatic N) is 5. The van der Waals surface area contributed by atoms with E-state index in [9.17, 15) is 8.78 Å². The van der Waals surface area contributed by atoms with Crippen molar-refractivity contribution < 1.29 is 18.6 Å². The van der Waals surface area contributed by atoms with Crippen molar-refractivity contribution in [3.63, 3.8) is 0 Å². The predicted octanol–water partition coefficient (Wildman–Crippen LogP) is 4.37. The number of rotatable bonds is 9. The number of ether oxygens (including phenoxy) is 1. The molecular formula is C23H30F2N6O2S. The molecule has 0 aliphatic heterocycles. The second kappa shape index (κ2) is 11.9. The van der Waals surface area contributed by atoms with Crippen molar-refractivity contribution in [3.05, 3.63) is 35.9 Å². The van der Waals surface area contributed by atoms with Crippen molar-refractivity contribution >= 4 is 28.7 Å². The third kappa shape index (κ3) is 6.39. The van der Waals surface area contributed by atoms with Gasteiger partial charge in [0.15, 0.2) is 33.8 Å². The molecule has 2 aliphatic carbocycles. The van der Waals surface area contributed by atoms with Crippen molar-refractivity contribution in [2.24, 2.45) is 0 Å². The molecule has 0 radical (unpaired) electrons. The summed E-state index contributed by atoms with van der Waals surface area (Å²) in [6.45, 7) is 2.62. The average Bonchev–Trinajstić information content (AvgIpc) is 3.36. The maximum atomic E-state index is 11.9. The quantitative estimate of drug-likeness (QED) is 0.336. The molecule has 11 heteroatoms. The number of hydrogen-bond donors (Lipinski definition) is 2. The van der Waals surface area contributed by atoms with Crippen LogP contribution in [-0.4, -0.2) is 61.2 Å². The van der Waals surface area contributed by atoms with Crippen LogP contribution in [0.5, 0.6) is 0 Å². The van der Waals surface area contributed by atoms with Crippen molar-refractivity contribution in [2.75, 3.05) is 24.3 Å². The number of halogens is 2. The maximum absolute atomic E-state index is 11.9. The summed E-state index contributed by atoms with van der Waals surface area (Å²) < 4.78 is 31.5. The zero-order chi connectivity index (χ0) is 23.9. The van der Waals surface area contributed by atoms with Crippen LogP contribution in [0.15, 0.2) is 29.4 Å². The van der Waals surface area contributed by atoms with Crippen LogP contribution in [0.2, 0.25) is 0 Å². The molecule has 2 aliphatic rings. The molecule has 34 heavy (non-hydrogen) atoms. The zero-order valence-corrected chi connectivity index (χ0v) is 20.0. The van der Waals surface area contributed by atoms with E-state index in [-0.39, 0.29) is 18.8 Å². The highest BCUT2D eigenvalue weighted by molar-refractivity contribution is 7.99. The molecule has 8 nitrogen and oxygen atoms in total. The van der Waals surface area contributed by atoms with Gasteiger partial charge in [-0.05, 0) is 50.7 Å². The molecular weight excluding hydrogens is 462 g/mol. The number of aliphatic hydroxyl groups excluding tert-OH is 1. The second-order valence-corrected chi connectivity index (χ2v) is 9.49. The summed E-state index contributed by atoms with van der Waals surface area (Å²) in [5.41, 5.74) is 1.58. The van der Waals surface area contributed by atoms with E-state index in [0.717, 1.165) is 65.7 Å². The highest BCUT2D eigenvalue weighted by Crippen LogP contribution is 2.35. The Morgan fingerprint density at radius 3 is 2.56 bits per heavy atom. The van der Waals surface area contributed by atoms with Gasteiger partial charge in [0.05, 0.1) is 25.4 Å². The van der Waals surface area contributed by atoms with Crippen LogP contribution in [0.25, 0.3) is 11.2 Å². The molecule has 2 atom stereocenters. The summed E-state index contributed by atoms with van der Waals surface area (Å²) in [5, 5.41) is 22.0. The van der Waals surface area contributed by atoms with Gasteiger partial charge in [-0.15, -0.1) is 5.10 Å². The van der Waals surface area contributed by atoms with Gasteiger partial charge in [-0.3, -0.25) is 0 Å². The Balaban J connectivity index is 0.000000291. The van der Waals surface area contributed by atoms with Gasteiger partial charge in [0.2, 0.25) is 0 Å². The van der Waals surface area contributed by atoms with E-state index in [1.165, 1.54) is 25.0 Å². The number of aromatic nitrogens is 5. The highest BCUT2D eigenvalue weighted by Gasteiger charge is 2.30. The summed E-state index contributed by atoms with van der Waals surface area (Å²) in [7, 11) is 0. The highest BCUT2D eigenvalue weighted by atomic mass is 32.2. The summed E-state index contributed by atoms with van der Waals surface area (Å²) in [5.74, 6) is 0.213. The molecule has 2 unspecified atom stereocenters. The minimum atomic E-state index is -0.799. The third-order valence-corrected chi connectivity index (χ3v) is 6.68. The van der Waals surface area contributed by atoms with E-state index in [0.29, 0.717) is 12.6 Å². The van der Waals surface area contributed by atoms with E-state index in [1.807, 2.05) is 4.68 Å². The van der Waals surface area contributed by atoms with Crippen LogP contribution in [0.4, 0.5) is 14.6 Å². The molecule has 2 N–H and O–H groups in total. The van der Waals surface area contributed by atoms with Gasteiger partial charge in [-0.1, -0.05) is 36.0 Å². The standard InChI is InChI=1S/C17H26N6O2S.C6H4F2/c1-2-9-26-17-19-15(18-11-3-4-11)14-16(20-17)23(22-21-14)12-5-6-13(10-12)25-8-7-24;7-5-3-1-2-4-6(5)8/h11-13,24H,2-10H2,1H3,(H,18,19,20);1-4H. The SMILES string of the molecule is CCCSc1nc(NC2CC2)c2nnn(C3CCC(OCCO)C3)c2n1.Fc1ccccc1F. The molecule has 2 fully saturated rings. The van der Waals surface area contributed by atoms with Crippen LogP contribution in [-0.2, 0) is 4.74 Å². The smallest absolute Gasteiger partial charge is 0.191 e. The van der Waals surface area contributed by atoms with Crippen LogP contribution in [0.1, 0.15) is 51.5 Å². The first-order valence-corrected chi connectivity index (χ1v) is 12.7. The first-order chi connectivity index (χ1) is 16.6. The van der Waals surface area contributed by atoms with E-state index in [1.54, 1.807) is 11.8 Å². The number of benzene rings is 1. The molecule has 1 aromatic carbocycles. The number of fused-ring (bicyclic) bond motifs is 1. The van der Waals surface area contributed by atoms with Crippen LogP contribution in [0, 0.1) is 11.6 Å². The summed E-state index contributed by atoms with van der Waals surface area (Å²) in [6.07, 6.45) is 6.47. The molecule has 184 valence electrons. The molecule has 0 bridgehead atoms. The molecule has 2 aromatic heterocycles. The fourth-order valence-corrected chi connectivity index (χ4v) is 4.48. The number of aliphatic hydroxyl groups is 1. The lowest BCUT2D eigenvalue weighted by Gasteiger charge is -2.13. The van der Waals surface area contributed by atoms with Crippen molar-refractivity contribution in [1.82, 2.24) is 25.0 Å². The maximum Gasteiger partial charge on any atom is 0.191 e. The Morgan fingerprint density at radius 1 is 1.15 bits per heavy atom. The number of thioether (sulfide) groups is 1. The molecule has 3 aromatic rings. The van der Waals surface area contributed by atoms with Gasteiger partial charge >= 0.3 is 0 Å². The third-order valence-electron chi connectivity index (χ3n) is 5.63.